The molecule has 0 radical (unpaired) electrons. The fourth-order valence-electron chi connectivity index (χ4n) is 1.52. The van der Waals surface area contributed by atoms with E-state index in [0.29, 0.717) is 10.6 Å². The third-order valence-electron chi connectivity index (χ3n) is 2.34. The first-order valence-electron chi connectivity index (χ1n) is 5.13. The molecular weight excluding hydrogens is 287 g/mol. The highest BCUT2D eigenvalue weighted by Crippen LogP contribution is 2.42. The van der Waals surface area contributed by atoms with Gasteiger partial charge in [0.05, 0.1) is 0 Å². The fraction of sp³-hybridized carbons (Fsp3) is 0. The third-order valence-corrected chi connectivity index (χ3v) is 4.59. The zero-order valence-corrected chi connectivity index (χ0v) is 11.8. The van der Waals surface area contributed by atoms with Crippen LogP contribution in [0.15, 0.2) is 60.7 Å². The Labute approximate surface area is 118 Å². The van der Waals surface area contributed by atoms with Crippen LogP contribution in [0.5, 0.6) is 0 Å². The maximum atomic E-state index is 12.6. The van der Waals surface area contributed by atoms with Crippen LogP contribution in [0.25, 0.3) is 0 Å². The molecule has 2 rings (SSSR count). The molecule has 0 heterocycles. The van der Waals surface area contributed by atoms with E-state index in [4.69, 9.17) is 15.7 Å². The van der Waals surface area contributed by atoms with Gasteiger partial charge in [-0.25, -0.2) is 16.4 Å². The van der Waals surface area contributed by atoms with E-state index in [1.165, 1.54) is 0 Å². The second-order valence-corrected chi connectivity index (χ2v) is 5.67. The quantitative estimate of drug-likeness (QED) is 0.590. The molecule has 19 heavy (non-hydrogen) atoms. The zero-order chi connectivity index (χ0) is 13.4. The van der Waals surface area contributed by atoms with Crippen molar-refractivity contribution < 1.29 is 14.4 Å². The van der Waals surface area contributed by atoms with Crippen molar-refractivity contribution in [2.24, 2.45) is 11.8 Å². The van der Waals surface area contributed by atoms with Crippen molar-refractivity contribution in [1.82, 2.24) is 0 Å². The lowest BCUT2D eigenvalue weighted by atomic mass is 10.4. The first-order chi connectivity index (χ1) is 8.77. The second kappa shape index (κ2) is 8.82. The first-order valence-corrected chi connectivity index (χ1v) is 6.75. The maximum absolute atomic E-state index is 12.6. The van der Waals surface area contributed by atoms with E-state index in [1.54, 1.807) is 24.3 Å². The van der Waals surface area contributed by atoms with Gasteiger partial charge in [0, 0.05) is 10.6 Å². The van der Waals surface area contributed by atoms with Gasteiger partial charge in [-0.2, -0.15) is 0 Å². The van der Waals surface area contributed by atoms with Crippen molar-refractivity contribution in [2.45, 2.75) is 0 Å². The Morgan fingerprint density at radius 2 is 1.16 bits per heavy atom. The number of hydrogen-bond donors (Lipinski definition) is 3. The van der Waals surface area contributed by atoms with Gasteiger partial charge in [-0.3, -0.25) is 4.57 Å². The van der Waals surface area contributed by atoms with Gasteiger partial charge in [0.2, 0.25) is 0 Å². The van der Waals surface area contributed by atoms with Crippen molar-refractivity contribution in [3.05, 3.63) is 60.7 Å². The van der Waals surface area contributed by atoms with E-state index < -0.39 is 7.37 Å². The van der Waals surface area contributed by atoms with Crippen LogP contribution in [0.3, 0.4) is 0 Å². The summed E-state index contributed by atoms with van der Waals surface area (Å²) in [6.45, 7) is 0. The van der Waals surface area contributed by atoms with Gasteiger partial charge in [0.1, 0.15) is 0 Å². The SMILES string of the molecule is Cl.NO.NOP(=O)(c1ccccc1)c1ccccc1. The predicted molar refractivity (Wildman–Crippen MR) is 78.3 cm³/mol. The topological polar surface area (TPSA) is 98.6 Å². The summed E-state index contributed by atoms with van der Waals surface area (Å²) in [7, 11) is -3.13. The summed E-state index contributed by atoms with van der Waals surface area (Å²) in [4.78, 5) is 0. The number of halogens is 1. The molecule has 0 aliphatic heterocycles. The molecule has 0 atom stereocenters. The summed E-state index contributed by atoms with van der Waals surface area (Å²) in [6, 6.07) is 18.0. The van der Waals surface area contributed by atoms with E-state index >= 15 is 0 Å². The van der Waals surface area contributed by atoms with Crippen LogP contribution in [-0.4, -0.2) is 5.21 Å². The lowest BCUT2D eigenvalue weighted by Crippen LogP contribution is -2.20. The van der Waals surface area contributed by atoms with E-state index in [2.05, 4.69) is 5.90 Å². The lowest BCUT2D eigenvalue weighted by molar-refractivity contribution is 0.311. The Morgan fingerprint density at radius 3 is 1.42 bits per heavy atom. The molecule has 5 nitrogen and oxygen atoms in total. The molecule has 0 unspecified atom stereocenters. The molecule has 5 N–H and O–H groups in total. The van der Waals surface area contributed by atoms with E-state index in [9.17, 15) is 4.57 Å². The summed E-state index contributed by atoms with van der Waals surface area (Å²) in [6.07, 6.45) is 0. The van der Waals surface area contributed by atoms with Crippen molar-refractivity contribution in [3.63, 3.8) is 0 Å². The summed E-state index contributed by atoms with van der Waals surface area (Å²) in [5.41, 5.74) is 0. The molecule has 0 aliphatic carbocycles. The monoisotopic (exact) mass is 302 g/mol. The molecule has 0 fully saturated rings. The normalized spacial score (nSPS) is 9.84. The minimum atomic E-state index is -3.13. The number of nitrogens with two attached hydrogens (primary N) is 2. The van der Waals surface area contributed by atoms with Gasteiger partial charge in [-0.05, 0) is 24.3 Å². The van der Waals surface area contributed by atoms with Gasteiger partial charge in [-0.1, -0.05) is 36.4 Å². The van der Waals surface area contributed by atoms with Crippen LogP contribution < -0.4 is 22.4 Å². The maximum Gasteiger partial charge on any atom is 0.277 e. The van der Waals surface area contributed by atoms with Crippen molar-refractivity contribution in [2.75, 3.05) is 0 Å². The number of hydrogen-bond acceptors (Lipinski definition) is 5. The molecule has 104 valence electrons. The molecule has 7 heteroatoms. The van der Waals surface area contributed by atoms with Gasteiger partial charge in [0.25, 0.3) is 7.37 Å². The second-order valence-electron chi connectivity index (χ2n) is 3.33. The Balaban J connectivity index is 0.00000103. The van der Waals surface area contributed by atoms with Crippen LogP contribution in [0.1, 0.15) is 0 Å². The molecule has 0 bridgehead atoms. The van der Waals surface area contributed by atoms with Crippen molar-refractivity contribution >= 4 is 30.4 Å². The average Bonchev–Trinajstić information content (AvgIpc) is 2.50. The standard InChI is InChI=1S/C12H12NO2P.ClH.H3NO/c13-15-16(14,11-7-3-1-4-8-11)12-9-5-2-6-10-12;;1-2/h1-10H,13H2;1H;2H,1H2. The summed E-state index contributed by atoms with van der Waals surface area (Å²) >= 11 is 0. The summed E-state index contributed by atoms with van der Waals surface area (Å²) < 4.78 is 17.4. The minimum absolute atomic E-state index is 0. The van der Waals surface area contributed by atoms with Gasteiger partial charge in [-0.15, -0.1) is 12.4 Å². The van der Waals surface area contributed by atoms with Crippen LogP contribution in [0.2, 0.25) is 0 Å². The third kappa shape index (κ3) is 4.14. The van der Waals surface area contributed by atoms with Crippen LogP contribution in [-0.2, 0) is 9.19 Å². The van der Waals surface area contributed by atoms with E-state index in [-0.39, 0.29) is 12.4 Å². The first kappa shape index (κ1) is 17.8. The number of benzene rings is 2. The highest BCUT2D eigenvalue weighted by atomic mass is 35.5. The highest BCUT2D eigenvalue weighted by molar-refractivity contribution is 7.74. The Hall–Kier alpha value is -1.20. The average molecular weight is 303 g/mol. The molecule has 0 aliphatic rings. The largest absolute Gasteiger partial charge is 0.320 e. The minimum Gasteiger partial charge on any atom is -0.320 e. The number of rotatable bonds is 3. The molecule has 0 spiro atoms. The van der Waals surface area contributed by atoms with Crippen molar-refractivity contribution in [1.29, 1.82) is 0 Å². The predicted octanol–water partition coefficient (Wildman–Crippen LogP) is 1.56. The van der Waals surface area contributed by atoms with Crippen molar-refractivity contribution in [3.8, 4) is 0 Å². The molecule has 2 aromatic carbocycles. The Bertz CT molecular complexity index is 467. The fourth-order valence-corrected chi connectivity index (χ4v) is 3.19. The van der Waals surface area contributed by atoms with Gasteiger partial charge < -0.3 is 5.21 Å². The lowest BCUT2D eigenvalue weighted by Gasteiger charge is -2.15. The van der Waals surface area contributed by atoms with Gasteiger partial charge in [0.15, 0.2) is 0 Å². The smallest absolute Gasteiger partial charge is 0.277 e. The molecule has 0 amide bonds. The summed E-state index contributed by atoms with van der Waals surface area (Å²) in [5.74, 6) is 8.71. The van der Waals surface area contributed by atoms with Gasteiger partial charge >= 0.3 is 0 Å². The Morgan fingerprint density at radius 1 is 0.842 bits per heavy atom. The van der Waals surface area contributed by atoms with Crippen LogP contribution in [0.4, 0.5) is 0 Å². The van der Waals surface area contributed by atoms with E-state index in [1.807, 2.05) is 36.4 Å². The highest BCUT2D eigenvalue weighted by Gasteiger charge is 2.27. The molecule has 0 saturated carbocycles. The Kier molecular flexibility index (Phi) is 8.27. The molecule has 2 aromatic rings. The van der Waals surface area contributed by atoms with Crippen LogP contribution >= 0.6 is 19.8 Å². The molecular formula is C12H16ClN2O3P. The zero-order valence-electron chi connectivity index (χ0n) is 10.0. The summed E-state index contributed by atoms with van der Waals surface area (Å²) in [5, 5.41) is 7.70. The molecule has 0 saturated heterocycles. The van der Waals surface area contributed by atoms with Crippen LogP contribution in [0, 0.1) is 0 Å². The molecule has 0 aromatic heterocycles. The van der Waals surface area contributed by atoms with E-state index in [0.717, 1.165) is 0 Å².